The first-order valence-electron chi connectivity index (χ1n) is 8.15. The van der Waals surface area contributed by atoms with Crippen molar-refractivity contribution in [1.82, 2.24) is 15.1 Å². The maximum absolute atomic E-state index is 11.6. The molecule has 0 spiro atoms. The van der Waals surface area contributed by atoms with Gasteiger partial charge in [0.2, 0.25) is 0 Å². The molecule has 2 aromatic rings. The highest BCUT2D eigenvalue weighted by Gasteiger charge is 2.20. The van der Waals surface area contributed by atoms with Crippen molar-refractivity contribution >= 4 is 17.3 Å². The molecule has 0 saturated carbocycles. The van der Waals surface area contributed by atoms with E-state index in [2.05, 4.69) is 20.0 Å². The molecular formula is C17H21ClN4O3. The second-order valence-electron chi connectivity index (χ2n) is 5.73. The fourth-order valence-corrected chi connectivity index (χ4v) is 3.04. The minimum atomic E-state index is -0.355. The molecule has 1 N–H and O–H groups in total. The molecule has 2 heterocycles. The molecule has 25 heavy (non-hydrogen) atoms. The maximum Gasteiger partial charge on any atom is 0.285 e. The molecule has 8 heteroatoms. The summed E-state index contributed by atoms with van der Waals surface area (Å²) < 4.78 is 11.1. The van der Waals surface area contributed by atoms with Gasteiger partial charge in [0.15, 0.2) is 11.5 Å². The van der Waals surface area contributed by atoms with Crippen LogP contribution < -0.4 is 19.9 Å². The van der Waals surface area contributed by atoms with E-state index in [4.69, 9.17) is 21.1 Å². The second-order valence-corrected chi connectivity index (χ2v) is 6.10. The monoisotopic (exact) mass is 364 g/mol. The number of ether oxygens (including phenoxy) is 2. The Morgan fingerprint density at radius 2 is 1.92 bits per heavy atom. The number of piperazine rings is 1. The number of aromatic amines is 1. The molecule has 0 unspecified atom stereocenters. The summed E-state index contributed by atoms with van der Waals surface area (Å²) in [6.07, 6.45) is 1.60. The van der Waals surface area contributed by atoms with Crippen molar-refractivity contribution in [3.63, 3.8) is 0 Å². The number of nitrogens with one attached hydrogen (secondary N) is 1. The SMILES string of the molecule is COc1ccccc1OCCN1CCN(c2cn[nH]c(=O)c2Cl)CC1. The van der Waals surface area contributed by atoms with Gasteiger partial charge in [-0.1, -0.05) is 23.7 Å². The van der Waals surface area contributed by atoms with Crippen molar-refractivity contribution in [2.45, 2.75) is 0 Å². The molecule has 0 amide bonds. The Morgan fingerprint density at radius 3 is 2.64 bits per heavy atom. The molecule has 0 bridgehead atoms. The van der Waals surface area contributed by atoms with Crippen molar-refractivity contribution in [2.24, 2.45) is 0 Å². The highest BCUT2D eigenvalue weighted by atomic mass is 35.5. The number of nitrogens with zero attached hydrogens (tertiary/aromatic N) is 3. The molecular weight excluding hydrogens is 344 g/mol. The van der Waals surface area contributed by atoms with Crippen molar-refractivity contribution in [3.05, 3.63) is 45.8 Å². The molecule has 3 rings (SSSR count). The van der Waals surface area contributed by atoms with E-state index in [-0.39, 0.29) is 10.6 Å². The van der Waals surface area contributed by atoms with E-state index < -0.39 is 0 Å². The zero-order chi connectivity index (χ0) is 17.6. The average molecular weight is 365 g/mol. The van der Waals surface area contributed by atoms with Crippen molar-refractivity contribution in [3.8, 4) is 11.5 Å². The largest absolute Gasteiger partial charge is 0.493 e. The third-order valence-electron chi connectivity index (χ3n) is 4.22. The van der Waals surface area contributed by atoms with Gasteiger partial charge in [-0.2, -0.15) is 5.10 Å². The zero-order valence-electron chi connectivity index (χ0n) is 14.1. The van der Waals surface area contributed by atoms with E-state index in [0.29, 0.717) is 12.3 Å². The molecule has 0 aliphatic carbocycles. The number of para-hydroxylation sites is 2. The maximum atomic E-state index is 11.6. The van der Waals surface area contributed by atoms with Gasteiger partial charge in [0, 0.05) is 32.7 Å². The predicted molar refractivity (Wildman–Crippen MR) is 97.0 cm³/mol. The van der Waals surface area contributed by atoms with Crippen LogP contribution in [0.15, 0.2) is 35.3 Å². The van der Waals surface area contributed by atoms with Crippen molar-refractivity contribution < 1.29 is 9.47 Å². The Labute approximate surface area is 151 Å². The number of aromatic nitrogens is 2. The van der Waals surface area contributed by atoms with Crippen LogP contribution in [0.25, 0.3) is 0 Å². The lowest BCUT2D eigenvalue weighted by atomic mass is 10.3. The molecule has 134 valence electrons. The summed E-state index contributed by atoms with van der Waals surface area (Å²) in [7, 11) is 1.63. The van der Waals surface area contributed by atoms with Crippen LogP contribution in [0.2, 0.25) is 5.02 Å². The Balaban J connectivity index is 1.48. The van der Waals surface area contributed by atoms with Crippen molar-refractivity contribution in [1.29, 1.82) is 0 Å². The normalized spacial score (nSPS) is 15.2. The number of H-pyrrole nitrogens is 1. The number of hydrogen-bond acceptors (Lipinski definition) is 6. The van der Waals surface area contributed by atoms with Crippen molar-refractivity contribution in [2.75, 3.05) is 51.3 Å². The zero-order valence-corrected chi connectivity index (χ0v) is 14.8. The first kappa shape index (κ1) is 17.6. The van der Waals surface area contributed by atoms with Crippen LogP contribution in [0, 0.1) is 0 Å². The standard InChI is InChI=1S/C17H21ClN4O3/c1-24-14-4-2-3-5-15(14)25-11-10-21-6-8-22(9-7-21)13-12-19-20-17(23)16(13)18/h2-5,12H,6-11H2,1H3,(H,20,23). The first-order valence-corrected chi connectivity index (χ1v) is 8.53. The number of benzene rings is 1. The third kappa shape index (κ3) is 4.24. The van der Waals surface area contributed by atoms with Gasteiger partial charge in [-0.15, -0.1) is 0 Å². The molecule has 0 atom stereocenters. The van der Waals surface area contributed by atoms with Gasteiger partial charge in [0.05, 0.1) is 19.0 Å². The Bertz CT molecular complexity index is 760. The van der Waals surface area contributed by atoms with E-state index in [1.54, 1.807) is 13.3 Å². The summed E-state index contributed by atoms with van der Waals surface area (Å²) in [5.74, 6) is 1.49. The quantitative estimate of drug-likeness (QED) is 0.840. The molecule has 1 aliphatic rings. The molecule has 1 saturated heterocycles. The van der Waals surface area contributed by atoms with Crippen LogP contribution in [0.5, 0.6) is 11.5 Å². The Morgan fingerprint density at radius 1 is 1.20 bits per heavy atom. The fourth-order valence-electron chi connectivity index (χ4n) is 2.83. The Hall–Kier alpha value is -2.25. The average Bonchev–Trinajstić information content (AvgIpc) is 2.65. The predicted octanol–water partition coefficient (Wildman–Crippen LogP) is 1.63. The van der Waals surface area contributed by atoms with E-state index in [1.165, 1.54) is 0 Å². The summed E-state index contributed by atoms with van der Waals surface area (Å²) in [6.45, 7) is 4.75. The smallest absolute Gasteiger partial charge is 0.285 e. The number of anilines is 1. The first-order chi connectivity index (χ1) is 12.2. The minimum absolute atomic E-state index is 0.197. The number of methoxy groups -OCH3 is 1. The summed E-state index contributed by atoms with van der Waals surface area (Å²) in [5.41, 5.74) is 0.335. The summed E-state index contributed by atoms with van der Waals surface area (Å²) in [4.78, 5) is 16.0. The highest BCUT2D eigenvalue weighted by Crippen LogP contribution is 2.26. The van der Waals surface area contributed by atoms with Crippen LogP contribution >= 0.6 is 11.6 Å². The van der Waals surface area contributed by atoms with E-state index in [1.807, 2.05) is 24.3 Å². The van der Waals surface area contributed by atoms with Gasteiger partial charge in [0.1, 0.15) is 11.6 Å². The molecule has 1 aromatic carbocycles. The molecule has 1 aliphatic heterocycles. The van der Waals surface area contributed by atoms with Crippen LogP contribution in [0.3, 0.4) is 0 Å². The minimum Gasteiger partial charge on any atom is -0.493 e. The van der Waals surface area contributed by atoms with Gasteiger partial charge in [-0.25, -0.2) is 5.10 Å². The van der Waals surface area contributed by atoms with E-state index in [9.17, 15) is 4.79 Å². The summed E-state index contributed by atoms with van der Waals surface area (Å²) >= 11 is 6.07. The van der Waals surface area contributed by atoms with Gasteiger partial charge < -0.3 is 14.4 Å². The van der Waals surface area contributed by atoms with Gasteiger partial charge >= 0.3 is 0 Å². The molecule has 7 nitrogen and oxygen atoms in total. The van der Waals surface area contributed by atoms with Crippen LogP contribution in [0.4, 0.5) is 5.69 Å². The fraction of sp³-hybridized carbons (Fsp3) is 0.412. The van der Waals surface area contributed by atoms with E-state index in [0.717, 1.165) is 44.2 Å². The number of hydrogen-bond donors (Lipinski definition) is 1. The summed E-state index contributed by atoms with van der Waals surface area (Å²) in [5, 5.41) is 6.37. The lowest BCUT2D eigenvalue weighted by molar-refractivity contribution is 0.197. The van der Waals surface area contributed by atoms with Gasteiger partial charge in [-0.05, 0) is 12.1 Å². The highest BCUT2D eigenvalue weighted by molar-refractivity contribution is 6.32. The van der Waals surface area contributed by atoms with Gasteiger partial charge in [0.25, 0.3) is 5.56 Å². The van der Waals surface area contributed by atoms with Gasteiger partial charge in [-0.3, -0.25) is 9.69 Å². The topological polar surface area (TPSA) is 70.7 Å². The van der Waals surface area contributed by atoms with Crippen LogP contribution in [0.1, 0.15) is 0 Å². The van der Waals surface area contributed by atoms with E-state index >= 15 is 0 Å². The molecule has 1 aromatic heterocycles. The van der Waals surface area contributed by atoms with Crippen LogP contribution in [-0.4, -0.2) is 61.5 Å². The van der Waals surface area contributed by atoms with Crippen LogP contribution in [-0.2, 0) is 0 Å². The lowest BCUT2D eigenvalue weighted by Gasteiger charge is -2.35. The lowest BCUT2D eigenvalue weighted by Crippen LogP contribution is -2.48. The third-order valence-corrected chi connectivity index (χ3v) is 4.59. The molecule has 1 fully saturated rings. The Kier molecular flexibility index (Phi) is 5.78. The second kappa shape index (κ2) is 8.22. The number of halogens is 1. The summed E-state index contributed by atoms with van der Waals surface area (Å²) in [6, 6.07) is 7.63. The number of rotatable bonds is 6. The molecule has 0 radical (unpaired) electrons.